The molecule has 4 heteroatoms. The summed E-state index contributed by atoms with van der Waals surface area (Å²) in [5, 5.41) is 2.78. The molecule has 0 atom stereocenters. The first-order valence-corrected chi connectivity index (χ1v) is 6.73. The molecule has 0 saturated heterocycles. The molecule has 0 rings (SSSR count). The van der Waals surface area contributed by atoms with Gasteiger partial charge in [-0.25, -0.2) is 0 Å². The van der Waals surface area contributed by atoms with Crippen LogP contribution in [0.25, 0.3) is 0 Å². The fraction of sp³-hybridized carbons (Fsp3) is 0.923. The van der Waals surface area contributed by atoms with Crippen molar-refractivity contribution in [1.82, 2.24) is 5.32 Å². The van der Waals surface area contributed by atoms with Crippen molar-refractivity contribution < 1.29 is 14.3 Å². The maximum atomic E-state index is 11.1. The molecule has 17 heavy (non-hydrogen) atoms. The Morgan fingerprint density at radius 1 is 1.00 bits per heavy atom. The fourth-order valence-corrected chi connectivity index (χ4v) is 0.985. The van der Waals surface area contributed by atoms with E-state index in [1.54, 1.807) is 0 Å². The van der Waals surface area contributed by atoms with Gasteiger partial charge in [0, 0.05) is 13.2 Å². The van der Waals surface area contributed by atoms with Crippen LogP contribution in [0.3, 0.4) is 0 Å². The molecule has 0 heterocycles. The van der Waals surface area contributed by atoms with Crippen LogP contribution in [-0.2, 0) is 14.3 Å². The van der Waals surface area contributed by atoms with Gasteiger partial charge in [0.15, 0.2) is 0 Å². The van der Waals surface area contributed by atoms with Crippen LogP contribution >= 0.6 is 0 Å². The molecule has 0 bridgehead atoms. The molecule has 0 aromatic heterocycles. The summed E-state index contributed by atoms with van der Waals surface area (Å²) in [4.78, 5) is 11.1. The summed E-state index contributed by atoms with van der Waals surface area (Å²) in [5.41, 5.74) is 0. The summed E-state index contributed by atoms with van der Waals surface area (Å²) >= 11 is 0. The zero-order valence-corrected chi connectivity index (χ0v) is 11.9. The second kappa shape index (κ2) is 17.8. The SMILES string of the molecule is CC.CCCCNC(=O)COCCOCCC. The molecule has 0 aliphatic rings. The van der Waals surface area contributed by atoms with Crippen LogP contribution in [0, 0.1) is 0 Å². The Balaban J connectivity index is 0. The minimum atomic E-state index is -0.0426. The zero-order chi connectivity index (χ0) is 13.4. The molecular weight excluding hydrogens is 218 g/mol. The monoisotopic (exact) mass is 247 g/mol. The van der Waals surface area contributed by atoms with Gasteiger partial charge in [0.25, 0.3) is 0 Å². The van der Waals surface area contributed by atoms with Crippen molar-refractivity contribution in [1.29, 1.82) is 0 Å². The second-order valence-corrected chi connectivity index (χ2v) is 3.37. The van der Waals surface area contributed by atoms with Gasteiger partial charge in [0.2, 0.25) is 5.91 Å². The van der Waals surface area contributed by atoms with E-state index in [0.717, 1.165) is 32.4 Å². The van der Waals surface area contributed by atoms with E-state index >= 15 is 0 Å². The summed E-state index contributed by atoms with van der Waals surface area (Å²) in [7, 11) is 0. The number of carbonyl (C=O) groups excluding carboxylic acids is 1. The Bertz CT molecular complexity index is 152. The lowest BCUT2D eigenvalue weighted by atomic mass is 10.3. The van der Waals surface area contributed by atoms with Crippen LogP contribution in [0.4, 0.5) is 0 Å². The normalized spacial score (nSPS) is 9.41. The van der Waals surface area contributed by atoms with Crippen LogP contribution in [0.5, 0.6) is 0 Å². The molecule has 104 valence electrons. The van der Waals surface area contributed by atoms with E-state index < -0.39 is 0 Å². The highest BCUT2D eigenvalue weighted by atomic mass is 16.5. The van der Waals surface area contributed by atoms with Crippen LogP contribution in [0.1, 0.15) is 47.0 Å². The van der Waals surface area contributed by atoms with Gasteiger partial charge in [-0.1, -0.05) is 34.1 Å². The van der Waals surface area contributed by atoms with Gasteiger partial charge < -0.3 is 14.8 Å². The highest BCUT2D eigenvalue weighted by Crippen LogP contribution is 1.84. The van der Waals surface area contributed by atoms with E-state index in [2.05, 4.69) is 19.2 Å². The number of hydrogen-bond acceptors (Lipinski definition) is 3. The first kappa shape index (κ1) is 18.7. The molecule has 0 fully saturated rings. The lowest BCUT2D eigenvalue weighted by molar-refractivity contribution is -0.126. The number of hydrogen-bond donors (Lipinski definition) is 1. The topological polar surface area (TPSA) is 47.6 Å². The van der Waals surface area contributed by atoms with Crippen molar-refractivity contribution in [3.63, 3.8) is 0 Å². The third-order valence-electron chi connectivity index (χ3n) is 1.81. The van der Waals surface area contributed by atoms with E-state index in [4.69, 9.17) is 9.47 Å². The van der Waals surface area contributed by atoms with E-state index in [0.29, 0.717) is 13.2 Å². The van der Waals surface area contributed by atoms with Gasteiger partial charge in [-0.15, -0.1) is 0 Å². The maximum Gasteiger partial charge on any atom is 0.245 e. The molecule has 0 radical (unpaired) electrons. The van der Waals surface area contributed by atoms with Crippen LogP contribution in [0.2, 0.25) is 0 Å². The van der Waals surface area contributed by atoms with Crippen molar-refractivity contribution >= 4 is 5.91 Å². The van der Waals surface area contributed by atoms with Crippen molar-refractivity contribution in [2.45, 2.75) is 47.0 Å². The van der Waals surface area contributed by atoms with Gasteiger partial charge >= 0.3 is 0 Å². The number of unbranched alkanes of at least 4 members (excludes halogenated alkanes) is 1. The van der Waals surface area contributed by atoms with Gasteiger partial charge in [-0.2, -0.15) is 0 Å². The molecule has 0 aliphatic carbocycles. The lowest BCUT2D eigenvalue weighted by Crippen LogP contribution is -2.28. The highest BCUT2D eigenvalue weighted by molar-refractivity contribution is 5.77. The quantitative estimate of drug-likeness (QED) is 0.603. The average Bonchev–Trinajstić information content (AvgIpc) is 2.36. The van der Waals surface area contributed by atoms with Crippen molar-refractivity contribution in [2.24, 2.45) is 0 Å². The molecular formula is C13H29NO3. The van der Waals surface area contributed by atoms with E-state index in [1.165, 1.54) is 0 Å². The predicted octanol–water partition coefficient (Wildman–Crippen LogP) is 2.37. The minimum absolute atomic E-state index is 0.0426. The third kappa shape index (κ3) is 18.0. The second-order valence-electron chi connectivity index (χ2n) is 3.37. The molecule has 0 aliphatic heterocycles. The largest absolute Gasteiger partial charge is 0.379 e. The number of amides is 1. The van der Waals surface area contributed by atoms with Gasteiger partial charge in [-0.05, 0) is 12.8 Å². The van der Waals surface area contributed by atoms with Gasteiger partial charge in [-0.3, -0.25) is 4.79 Å². The molecule has 0 aromatic rings. The summed E-state index contributed by atoms with van der Waals surface area (Å²) in [5.74, 6) is -0.0426. The van der Waals surface area contributed by atoms with E-state index in [-0.39, 0.29) is 12.5 Å². The molecule has 0 spiro atoms. The Hall–Kier alpha value is -0.610. The highest BCUT2D eigenvalue weighted by Gasteiger charge is 1.99. The standard InChI is InChI=1S/C11H23NO3.C2H6/c1-3-5-6-12-11(13)10-15-9-8-14-7-4-2;1-2/h3-10H2,1-2H3,(H,12,13);1-2H3. The zero-order valence-electron chi connectivity index (χ0n) is 11.9. The van der Waals surface area contributed by atoms with Crippen LogP contribution in [0.15, 0.2) is 0 Å². The fourth-order valence-electron chi connectivity index (χ4n) is 0.985. The molecule has 0 unspecified atom stereocenters. The van der Waals surface area contributed by atoms with Gasteiger partial charge in [0.1, 0.15) is 6.61 Å². The minimum Gasteiger partial charge on any atom is -0.379 e. The Kier molecular flexibility index (Phi) is 19.6. The number of ether oxygens (including phenoxy) is 2. The average molecular weight is 247 g/mol. The van der Waals surface area contributed by atoms with Crippen LogP contribution in [-0.4, -0.2) is 38.9 Å². The summed E-state index contributed by atoms with van der Waals surface area (Å²) in [6.07, 6.45) is 3.12. The van der Waals surface area contributed by atoms with Crippen molar-refractivity contribution in [2.75, 3.05) is 33.0 Å². The molecule has 0 aromatic carbocycles. The third-order valence-corrected chi connectivity index (χ3v) is 1.81. The Morgan fingerprint density at radius 3 is 2.24 bits per heavy atom. The first-order valence-electron chi connectivity index (χ1n) is 6.73. The molecule has 4 nitrogen and oxygen atoms in total. The van der Waals surface area contributed by atoms with Gasteiger partial charge in [0.05, 0.1) is 13.2 Å². The first-order chi connectivity index (χ1) is 8.31. The van der Waals surface area contributed by atoms with E-state index in [9.17, 15) is 4.79 Å². The lowest BCUT2D eigenvalue weighted by Gasteiger charge is -2.05. The smallest absolute Gasteiger partial charge is 0.245 e. The number of carbonyl (C=O) groups is 1. The van der Waals surface area contributed by atoms with Crippen molar-refractivity contribution in [3.05, 3.63) is 0 Å². The van der Waals surface area contributed by atoms with Crippen molar-refractivity contribution in [3.8, 4) is 0 Å². The summed E-state index contributed by atoms with van der Waals surface area (Å²) < 4.78 is 10.3. The van der Waals surface area contributed by atoms with Crippen LogP contribution < -0.4 is 5.32 Å². The summed E-state index contributed by atoms with van der Waals surface area (Å²) in [6, 6.07) is 0. The number of nitrogens with one attached hydrogen (secondary N) is 1. The molecule has 1 amide bonds. The molecule has 0 saturated carbocycles. The maximum absolute atomic E-state index is 11.1. The Morgan fingerprint density at radius 2 is 1.65 bits per heavy atom. The Labute approximate surface area is 106 Å². The predicted molar refractivity (Wildman–Crippen MR) is 71.2 cm³/mol. The summed E-state index contributed by atoms with van der Waals surface area (Å²) in [6.45, 7) is 10.8. The van der Waals surface area contributed by atoms with E-state index in [1.807, 2.05) is 13.8 Å². The molecule has 1 N–H and O–H groups in total. The number of rotatable bonds is 10.